The molecule has 0 radical (unpaired) electrons. The van der Waals surface area contributed by atoms with Gasteiger partial charge < -0.3 is 5.73 Å². The molecule has 0 aromatic heterocycles. The van der Waals surface area contributed by atoms with Crippen LogP contribution in [0.1, 0.15) is 13.8 Å². The molecule has 0 aliphatic heterocycles. The van der Waals surface area contributed by atoms with Crippen LogP contribution in [-0.4, -0.2) is 5.71 Å². The number of benzene rings is 1. The SMILES string of the molecule is CC(C)=Nc1ccc(Cl)cc1N. The number of aliphatic imine (C=N–C) groups is 1. The van der Waals surface area contributed by atoms with Crippen LogP contribution in [0.4, 0.5) is 11.4 Å². The Morgan fingerprint density at radius 3 is 2.58 bits per heavy atom. The molecule has 0 aliphatic carbocycles. The van der Waals surface area contributed by atoms with Crippen molar-refractivity contribution in [3.8, 4) is 0 Å². The number of halogens is 1. The highest BCUT2D eigenvalue weighted by Crippen LogP contribution is 2.25. The third-order valence-corrected chi connectivity index (χ3v) is 1.57. The van der Waals surface area contributed by atoms with Crippen molar-refractivity contribution in [1.82, 2.24) is 0 Å². The molecular formula is C9H11ClN2. The minimum absolute atomic E-state index is 0.615. The molecule has 0 amide bonds. The Morgan fingerprint density at radius 2 is 2.08 bits per heavy atom. The second-order valence-corrected chi connectivity index (χ2v) is 3.20. The number of hydrogen-bond acceptors (Lipinski definition) is 2. The maximum Gasteiger partial charge on any atom is 0.0859 e. The van der Waals surface area contributed by atoms with E-state index in [2.05, 4.69) is 4.99 Å². The molecule has 0 unspecified atom stereocenters. The van der Waals surface area contributed by atoms with Crippen LogP contribution in [0.25, 0.3) is 0 Å². The van der Waals surface area contributed by atoms with Gasteiger partial charge in [0.05, 0.1) is 11.4 Å². The molecule has 0 heterocycles. The van der Waals surface area contributed by atoms with E-state index in [-0.39, 0.29) is 0 Å². The van der Waals surface area contributed by atoms with Gasteiger partial charge in [-0.15, -0.1) is 0 Å². The summed E-state index contributed by atoms with van der Waals surface area (Å²) >= 11 is 5.73. The van der Waals surface area contributed by atoms with Crippen molar-refractivity contribution in [1.29, 1.82) is 0 Å². The van der Waals surface area contributed by atoms with E-state index >= 15 is 0 Å². The van der Waals surface area contributed by atoms with Crippen molar-refractivity contribution in [2.24, 2.45) is 4.99 Å². The van der Waals surface area contributed by atoms with Gasteiger partial charge in [0.1, 0.15) is 0 Å². The largest absolute Gasteiger partial charge is 0.397 e. The summed E-state index contributed by atoms with van der Waals surface area (Å²) in [4.78, 5) is 4.23. The summed E-state index contributed by atoms with van der Waals surface area (Å²) in [5.41, 5.74) is 8.05. The van der Waals surface area contributed by atoms with Crippen LogP contribution in [0, 0.1) is 0 Å². The third kappa shape index (κ3) is 2.24. The van der Waals surface area contributed by atoms with Crippen molar-refractivity contribution in [2.75, 3.05) is 5.73 Å². The first-order valence-corrected chi connectivity index (χ1v) is 4.04. The van der Waals surface area contributed by atoms with Gasteiger partial charge in [0, 0.05) is 10.7 Å². The maximum absolute atomic E-state index is 5.73. The van der Waals surface area contributed by atoms with Crippen molar-refractivity contribution in [2.45, 2.75) is 13.8 Å². The normalized spacial score (nSPS) is 9.58. The fraction of sp³-hybridized carbons (Fsp3) is 0.222. The van der Waals surface area contributed by atoms with Crippen LogP contribution in [0.2, 0.25) is 5.02 Å². The predicted molar refractivity (Wildman–Crippen MR) is 54.3 cm³/mol. The van der Waals surface area contributed by atoms with Crippen molar-refractivity contribution < 1.29 is 0 Å². The smallest absolute Gasteiger partial charge is 0.0859 e. The monoisotopic (exact) mass is 182 g/mol. The molecule has 0 bridgehead atoms. The van der Waals surface area contributed by atoms with Crippen LogP contribution < -0.4 is 5.73 Å². The second-order valence-electron chi connectivity index (χ2n) is 2.76. The first kappa shape index (κ1) is 9.07. The molecular weight excluding hydrogens is 172 g/mol. The van der Waals surface area contributed by atoms with Crippen LogP contribution in [0.5, 0.6) is 0 Å². The average Bonchev–Trinajstić information content (AvgIpc) is 1.94. The lowest BCUT2D eigenvalue weighted by atomic mass is 10.3. The van der Waals surface area contributed by atoms with Crippen LogP contribution in [0.3, 0.4) is 0 Å². The average molecular weight is 183 g/mol. The minimum Gasteiger partial charge on any atom is -0.397 e. The highest BCUT2D eigenvalue weighted by molar-refractivity contribution is 6.31. The van der Waals surface area contributed by atoms with E-state index in [9.17, 15) is 0 Å². The lowest BCUT2D eigenvalue weighted by Gasteiger charge is -2.00. The zero-order valence-electron chi connectivity index (χ0n) is 7.13. The molecule has 2 N–H and O–H groups in total. The molecule has 2 nitrogen and oxygen atoms in total. The van der Waals surface area contributed by atoms with Crippen LogP contribution in [-0.2, 0) is 0 Å². The highest BCUT2D eigenvalue weighted by Gasteiger charge is 1.96. The van der Waals surface area contributed by atoms with Crippen LogP contribution in [0.15, 0.2) is 23.2 Å². The Hall–Kier alpha value is -1.02. The van der Waals surface area contributed by atoms with Gasteiger partial charge in [0.25, 0.3) is 0 Å². The second kappa shape index (κ2) is 3.59. The van der Waals surface area contributed by atoms with Gasteiger partial charge in [-0.3, -0.25) is 4.99 Å². The van der Waals surface area contributed by atoms with Gasteiger partial charge in [-0.2, -0.15) is 0 Å². The van der Waals surface area contributed by atoms with Crippen molar-refractivity contribution in [3.63, 3.8) is 0 Å². The van der Waals surface area contributed by atoms with E-state index in [0.29, 0.717) is 10.7 Å². The molecule has 0 fully saturated rings. The van der Waals surface area contributed by atoms with Crippen molar-refractivity contribution >= 4 is 28.7 Å². The summed E-state index contributed by atoms with van der Waals surface area (Å²) < 4.78 is 0. The summed E-state index contributed by atoms with van der Waals surface area (Å²) in [5.74, 6) is 0. The minimum atomic E-state index is 0.615. The molecule has 64 valence electrons. The van der Waals surface area contributed by atoms with Gasteiger partial charge in [-0.25, -0.2) is 0 Å². The molecule has 1 aromatic rings. The summed E-state index contributed by atoms with van der Waals surface area (Å²) in [7, 11) is 0. The molecule has 0 saturated carbocycles. The predicted octanol–water partition coefficient (Wildman–Crippen LogP) is 3.03. The van der Waals surface area contributed by atoms with Gasteiger partial charge in [0.15, 0.2) is 0 Å². The number of nitrogens with two attached hydrogens (primary N) is 1. The summed E-state index contributed by atoms with van der Waals surface area (Å²) in [6.45, 7) is 3.85. The molecule has 3 heteroatoms. The summed E-state index contributed by atoms with van der Waals surface area (Å²) in [6, 6.07) is 5.29. The Bertz CT molecular complexity index is 314. The fourth-order valence-corrected chi connectivity index (χ4v) is 1.05. The standard InChI is InChI=1S/C9H11ClN2/c1-6(2)12-9-4-3-7(10)5-8(9)11/h3-5H,11H2,1-2H3. The zero-order chi connectivity index (χ0) is 9.14. The molecule has 1 aromatic carbocycles. The Balaban J connectivity index is 3.10. The number of nitrogens with zero attached hydrogens (tertiary/aromatic N) is 1. The van der Waals surface area contributed by atoms with E-state index in [0.717, 1.165) is 11.4 Å². The van der Waals surface area contributed by atoms with E-state index in [1.54, 1.807) is 12.1 Å². The number of rotatable bonds is 1. The molecule has 0 aliphatic rings. The summed E-state index contributed by atoms with van der Waals surface area (Å²) in [5, 5.41) is 0.639. The Labute approximate surface area is 77.1 Å². The van der Waals surface area contributed by atoms with E-state index in [4.69, 9.17) is 17.3 Å². The number of anilines is 1. The quantitative estimate of drug-likeness (QED) is 0.526. The first-order chi connectivity index (χ1) is 5.59. The Morgan fingerprint density at radius 1 is 1.42 bits per heavy atom. The van der Waals surface area contributed by atoms with Gasteiger partial charge in [-0.05, 0) is 32.0 Å². The maximum atomic E-state index is 5.73. The van der Waals surface area contributed by atoms with E-state index < -0.39 is 0 Å². The van der Waals surface area contributed by atoms with E-state index in [1.165, 1.54) is 0 Å². The topological polar surface area (TPSA) is 38.4 Å². The van der Waals surface area contributed by atoms with Gasteiger partial charge in [0.2, 0.25) is 0 Å². The lowest BCUT2D eigenvalue weighted by molar-refractivity contribution is 1.47. The molecule has 0 spiro atoms. The van der Waals surface area contributed by atoms with Crippen molar-refractivity contribution in [3.05, 3.63) is 23.2 Å². The number of nitrogen functional groups attached to an aromatic ring is 1. The molecule has 12 heavy (non-hydrogen) atoms. The number of hydrogen-bond donors (Lipinski definition) is 1. The summed E-state index contributed by atoms with van der Waals surface area (Å²) in [6.07, 6.45) is 0. The Kier molecular flexibility index (Phi) is 2.71. The third-order valence-electron chi connectivity index (χ3n) is 1.33. The lowest BCUT2D eigenvalue weighted by Crippen LogP contribution is -1.87. The fourth-order valence-electron chi connectivity index (χ4n) is 0.868. The molecule has 0 saturated heterocycles. The molecule has 1 rings (SSSR count). The zero-order valence-corrected chi connectivity index (χ0v) is 7.89. The van der Waals surface area contributed by atoms with E-state index in [1.807, 2.05) is 19.9 Å². The van der Waals surface area contributed by atoms with Gasteiger partial charge in [-0.1, -0.05) is 11.6 Å². The van der Waals surface area contributed by atoms with Crippen LogP contribution >= 0.6 is 11.6 Å². The molecule has 0 atom stereocenters. The van der Waals surface area contributed by atoms with Gasteiger partial charge >= 0.3 is 0 Å². The highest BCUT2D eigenvalue weighted by atomic mass is 35.5. The first-order valence-electron chi connectivity index (χ1n) is 3.66.